The van der Waals surface area contributed by atoms with Crippen LogP contribution in [0.15, 0.2) is 23.8 Å². The monoisotopic (exact) mass is 307 g/mol. The Bertz CT molecular complexity index is 469. The summed E-state index contributed by atoms with van der Waals surface area (Å²) in [6.07, 6.45) is 12.3. The molecule has 2 heterocycles. The number of esters is 1. The number of nitrogens with zero attached hydrogens (tertiary/aromatic N) is 1. The quantitative estimate of drug-likeness (QED) is 0.578. The number of allylic oxidation sites excluding steroid dienone is 2. The molecule has 1 amide bonds. The van der Waals surface area contributed by atoms with E-state index in [2.05, 4.69) is 23.0 Å². The number of rotatable bonds is 5. The summed E-state index contributed by atoms with van der Waals surface area (Å²) in [5.41, 5.74) is 1.20. The van der Waals surface area contributed by atoms with E-state index < -0.39 is 0 Å². The van der Waals surface area contributed by atoms with Crippen LogP contribution in [0.3, 0.4) is 0 Å². The molecule has 2 rings (SSSR count). The van der Waals surface area contributed by atoms with E-state index in [0.29, 0.717) is 12.5 Å². The Morgan fingerprint density at radius 1 is 1.27 bits per heavy atom. The second-order valence-electron chi connectivity index (χ2n) is 5.78. The van der Waals surface area contributed by atoms with Crippen LogP contribution in [0, 0.1) is 0 Å². The minimum absolute atomic E-state index is 0.136. The van der Waals surface area contributed by atoms with Crippen LogP contribution < -0.4 is 0 Å². The molecule has 1 fully saturated rings. The Kier molecular flexibility index (Phi) is 6.04. The van der Waals surface area contributed by atoms with Gasteiger partial charge in [0.15, 0.2) is 0 Å². The van der Waals surface area contributed by atoms with Crippen molar-refractivity contribution in [2.75, 3.05) is 14.2 Å². The zero-order chi connectivity index (χ0) is 15.9. The van der Waals surface area contributed by atoms with E-state index in [1.165, 1.54) is 19.8 Å². The van der Waals surface area contributed by atoms with E-state index in [4.69, 9.17) is 4.74 Å². The fourth-order valence-corrected chi connectivity index (χ4v) is 3.32. The molecule has 0 aromatic heterocycles. The first-order chi connectivity index (χ1) is 10.7. The molecule has 22 heavy (non-hydrogen) atoms. The number of amides is 1. The van der Waals surface area contributed by atoms with Crippen molar-refractivity contribution in [2.45, 2.75) is 57.0 Å². The molecule has 122 valence electrons. The number of ether oxygens (including phenoxy) is 2. The summed E-state index contributed by atoms with van der Waals surface area (Å²) in [4.78, 5) is 25.0. The molecule has 1 saturated heterocycles. The smallest absolute Gasteiger partial charge is 0.410 e. The van der Waals surface area contributed by atoms with Gasteiger partial charge in [0.2, 0.25) is 0 Å². The zero-order valence-electron chi connectivity index (χ0n) is 13.4. The van der Waals surface area contributed by atoms with Crippen molar-refractivity contribution in [1.29, 1.82) is 0 Å². The summed E-state index contributed by atoms with van der Waals surface area (Å²) < 4.78 is 9.56. The highest BCUT2D eigenvalue weighted by Crippen LogP contribution is 2.35. The minimum Gasteiger partial charge on any atom is -0.469 e. The Balaban J connectivity index is 1.93. The van der Waals surface area contributed by atoms with Gasteiger partial charge < -0.3 is 9.47 Å². The predicted molar refractivity (Wildman–Crippen MR) is 83.4 cm³/mol. The lowest BCUT2D eigenvalue weighted by Gasteiger charge is -2.27. The van der Waals surface area contributed by atoms with Gasteiger partial charge in [0, 0.05) is 12.5 Å². The number of fused-ring (bicyclic) bond motifs is 2. The molecule has 0 saturated carbocycles. The van der Waals surface area contributed by atoms with E-state index >= 15 is 0 Å². The Morgan fingerprint density at radius 2 is 2.09 bits per heavy atom. The summed E-state index contributed by atoms with van der Waals surface area (Å²) in [5.74, 6) is -0.169. The first-order valence-corrected chi connectivity index (χ1v) is 7.97. The molecule has 2 aliphatic heterocycles. The average Bonchev–Trinajstić information content (AvgIpc) is 2.85. The van der Waals surface area contributed by atoms with Crippen LogP contribution >= 0.6 is 0 Å². The third-order valence-corrected chi connectivity index (χ3v) is 4.44. The minimum atomic E-state index is -0.223. The molecular weight excluding hydrogens is 282 g/mol. The number of carbonyl (C=O) groups excluding carboxylic acids is 2. The van der Waals surface area contributed by atoms with Gasteiger partial charge in [-0.05, 0) is 44.1 Å². The van der Waals surface area contributed by atoms with Gasteiger partial charge in [0.1, 0.15) is 0 Å². The molecule has 2 aliphatic rings. The van der Waals surface area contributed by atoms with Crippen molar-refractivity contribution in [2.24, 2.45) is 0 Å². The summed E-state index contributed by atoms with van der Waals surface area (Å²) >= 11 is 0. The second kappa shape index (κ2) is 8.01. The van der Waals surface area contributed by atoms with Gasteiger partial charge in [-0.3, -0.25) is 9.69 Å². The van der Waals surface area contributed by atoms with E-state index in [-0.39, 0.29) is 18.1 Å². The van der Waals surface area contributed by atoms with Crippen LogP contribution in [-0.4, -0.2) is 43.3 Å². The van der Waals surface area contributed by atoms with Gasteiger partial charge >= 0.3 is 12.1 Å². The zero-order valence-corrected chi connectivity index (χ0v) is 13.4. The number of unbranched alkanes of at least 4 members (excludes halogenated alkanes) is 1. The summed E-state index contributed by atoms with van der Waals surface area (Å²) in [6, 6.07) is 0.440. The van der Waals surface area contributed by atoms with E-state index in [1.54, 1.807) is 0 Å². The fourth-order valence-electron chi connectivity index (χ4n) is 3.32. The topological polar surface area (TPSA) is 55.8 Å². The predicted octanol–water partition coefficient (Wildman–Crippen LogP) is 3.21. The van der Waals surface area contributed by atoms with E-state index in [0.717, 1.165) is 38.5 Å². The Labute approximate surface area is 131 Å². The normalized spacial score (nSPS) is 24.1. The molecule has 0 aliphatic carbocycles. The average molecular weight is 307 g/mol. The molecule has 5 heteroatoms. The molecule has 0 aromatic rings. The van der Waals surface area contributed by atoms with Crippen LogP contribution in [0.1, 0.15) is 44.9 Å². The highest BCUT2D eigenvalue weighted by molar-refractivity contribution is 5.70. The maximum absolute atomic E-state index is 12.0. The number of carbonyl (C=O) groups is 2. The first kappa shape index (κ1) is 16.6. The molecule has 0 aromatic carbocycles. The Hall–Kier alpha value is -1.78. The third kappa shape index (κ3) is 3.90. The molecule has 0 radical (unpaired) electrons. The summed E-state index contributed by atoms with van der Waals surface area (Å²) in [5, 5.41) is 0. The van der Waals surface area contributed by atoms with Crippen molar-refractivity contribution in [3.05, 3.63) is 23.8 Å². The molecular formula is C17H25NO4. The van der Waals surface area contributed by atoms with Crippen molar-refractivity contribution in [1.82, 2.24) is 4.90 Å². The molecule has 0 spiro atoms. The van der Waals surface area contributed by atoms with Gasteiger partial charge in [-0.15, -0.1) is 0 Å². The molecule has 0 N–H and O–H groups in total. The maximum Gasteiger partial charge on any atom is 0.410 e. The van der Waals surface area contributed by atoms with E-state index in [9.17, 15) is 9.59 Å². The maximum atomic E-state index is 12.0. The SMILES string of the molecule is COC(=O)CCCC=CC1=CCCC2CCC1N2C(=O)OC. The Morgan fingerprint density at radius 3 is 2.82 bits per heavy atom. The molecule has 2 atom stereocenters. The number of methoxy groups -OCH3 is 2. The highest BCUT2D eigenvalue weighted by Gasteiger charge is 2.39. The molecule has 2 bridgehead atoms. The van der Waals surface area contributed by atoms with Crippen molar-refractivity contribution in [3.63, 3.8) is 0 Å². The van der Waals surface area contributed by atoms with Crippen LogP contribution in [0.2, 0.25) is 0 Å². The summed E-state index contributed by atoms with van der Waals surface area (Å²) in [7, 11) is 2.85. The lowest BCUT2D eigenvalue weighted by Crippen LogP contribution is -2.40. The van der Waals surface area contributed by atoms with Crippen molar-refractivity contribution < 1.29 is 19.1 Å². The lowest BCUT2D eigenvalue weighted by atomic mass is 9.99. The lowest BCUT2D eigenvalue weighted by molar-refractivity contribution is -0.140. The van der Waals surface area contributed by atoms with E-state index in [1.807, 2.05) is 4.90 Å². The first-order valence-electron chi connectivity index (χ1n) is 7.97. The number of hydrogen-bond donors (Lipinski definition) is 0. The van der Waals surface area contributed by atoms with Gasteiger partial charge in [-0.25, -0.2) is 4.79 Å². The van der Waals surface area contributed by atoms with Gasteiger partial charge in [0.25, 0.3) is 0 Å². The second-order valence-corrected chi connectivity index (χ2v) is 5.78. The van der Waals surface area contributed by atoms with Crippen molar-refractivity contribution in [3.8, 4) is 0 Å². The van der Waals surface area contributed by atoms with Gasteiger partial charge in [0.05, 0.1) is 20.3 Å². The van der Waals surface area contributed by atoms with Crippen LogP contribution in [0.25, 0.3) is 0 Å². The van der Waals surface area contributed by atoms with Gasteiger partial charge in [-0.2, -0.15) is 0 Å². The largest absolute Gasteiger partial charge is 0.469 e. The number of hydrogen-bond acceptors (Lipinski definition) is 4. The molecule has 2 unspecified atom stereocenters. The third-order valence-electron chi connectivity index (χ3n) is 4.44. The van der Waals surface area contributed by atoms with Crippen LogP contribution in [0.5, 0.6) is 0 Å². The van der Waals surface area contributed by atoms with Crippen LogP contribution in [0.4, 0.5) is 4.79 Å². The molecule has 5 nitrogen and oxygen atoms in total. The van der Waals surface area contributed by atoms with Crippen molar-refractivity contribution >= 4 is 12.1 Å². The van der Waals surface area contributed by atoms with Gasteiger partial charge in [-0.1, -0.05) is 18.2 Å². The highest BCUT2D eigenvalue weighted by atomic mass is 16.5. The summed E-state index contributed by atoms with van der Waals surface area (Å²) in [6.45, 7) is 0. The fraction of sp³-hybridized carbons (Fsp3) is 0.647. The van der Waals surface area contributed by atoms with Crippen LogP contribution in [-0.2, 0) is 14.3 Å². The standard InChI is InChI=1S/C17H25NO4/c1-21-16(19)10-5-3-4-7-13-8-6-9-14-11-12-15(13)18(14)17(20)22-2/h4,7-8,14-15H,3,5-6,9-12H2,1-2H3.